The smallest absolute Gasteiger partial charge is 0.264 e. The summed E-state index contributed by atoms with van der Waals surface area (Å²) in [6.45, 7) is 4.15. The number of carbonyl (C=O) groups is 4. The molecule has 11 heteroatoms. The molecule has 4 amide bonds. The van der Waals surface area contributed by atoms with E-state index in [1.165, 1.54) is 4.68 Å². The SMILES string of the molecule is CCC(C)n1cc(-c2cn(-c3cccc4c3C(=O)N(C3CCC(=O)NC3=O)C4=O)nn2)cn1. The molecule has 0 bridgehead atoms. The Hall–Kier alpha value is -4.15. The molecule has 2 unspecified atom stereocenters. The van der Waals surface area contributed by atoms with Crippen LogP contribution >= 0.6 is 0 Å². The molecule has 2 aliphatic heterocycles. The number of rotatable bonds is 5. The van der Waals surface area contributed by atoms with E-state index in [2.05, 4.69) is 34.6 Å². The maximum Gasteiger partial charge on any atom is 0.264 e. The van der Waals surface area contributed by atoms with Crippen LogP contribution in [0.2, 0.25) is 0 Å². The second-order valence-corrected chi connectivity index (χ2v) is 8.16. The van der Waals surface area contributed by atoms with Crippen LogP contribution in [0.25, 0.3) is 16.9 Å². The molecule has 33 heavy (non-hydrogen) atoms. The topological polar surface area (TPSA) is 132 Å². The summed E-state index contributed by atoms with van der Waals surface area (Å²) in [6, 6.07) is 4.07. The fourth-order valence-corrected chi connectivity index (χ4v) is 4.10. The van der Waals surface area contributed by atoms with Gasteiger partial charge in [-0.25, -0.2) is 4.68 Å². The standard InChI is InChI=1S/C22H21N7O4/c1-3-12(2)27-10-13(9-23-27)15-11-28(26-25-15)16-6-4-5-14-19(16)22(33)29(21(14)32)17-7-8-18(30)24-20(17)31/h4-6,9-12,17H,3,7-8H2,1-2H3,(H,24,30,31). The van der Waals surface area contributed by atoms with Crippen molar-refractivity contribution in [1.82, 2.24) is 35.0 Å². The molecule has 1 aromatic carbocycles. The molecule has 11 nitrogen and oxygen atoms in total. The Morgan fingerprint density at radius 2 is 1.97 bits per heavy atom. The first kappa shape index (κ1) is 20.7. The maximum absolute atomic E-state index is 13.3. The lowest BCUT2D eigenvalue weighted by Crippen LogP contribution is -2.54. The van der Waals surface area contributed by atoms with Crippen molar-refractivity contribution in [3.63, 3.8) is 0 Å². The summed E-state index contributed by atoms with van der Waals surface area (Å²) in [6.07, 6.45) is 6.35. The Kier molecular flexibility index (Phi) is 4.88. The van der Waals surface area contributed by atoms with E-state index in [0.29, 0.717) is 11.4 Å². The van der Waals surface area contributed by atoms with Crippen molar-refractivity contribution in [2.75, 3.05) is 0 Å². The molecule has 2 atom stereocenters. The number of nitrogens with one attached hydrogen (secondary N) is 1. The van der Waals surface area contributed by atoms with Gasteiger partial charge in [0.25, 0.3) is 11.8 Å². The Morgan fingerprint density at radius 1 is 1.15 bits per heavy atom. The fourth-order valence-electron chi connectivity index (χ4n) is 4.10. The number of carbonyl (C=O) groups excluding carboxylic acids is 4. The molecular weight excluding hydrogens is 426 g/mol. The molecule has 1 saturated heterocycles. The molecule has 2 aliphatic rings. The number of hydrogen-bond acceptors (Lipinski definition) is 7. The number of amides is 4. The summed E-state index contributed by atoms with van der Waals surface area (Å²) in [4.78, 5) is 51.0. The third kappa shape index (κ3) is 3.32. The lowest BCUT2D eigenvalue weighted by molar-refractivity contribution is -0.136. The van der Waals surface area contributed by atoms with E-state index in [-0.39, 0.29) is 30.0 Å². The molecule has 168 valence electrons. The van der Waals surface area contributed by atoms with Crippen LogP contribution in [-0.2, 0) is 9.59 Å². The maximum atomic E-state index is 13.3. The largest absolute Gasteiger partial charge is 0.295 e. The Bertz CT molecular complexity index is 1310. The zero-order valence-electron chi connectivity index (χ0n) is 18.1. The highest BCUT2D eigenvalue weighted by molar-refractivity contribution is 6.24. The molecule has 0 spiro atoms. The van der Waals surface area contributed by atoms with E-state index in [0.717, 1.165) is 16.9 Å². The van der Waals surface area contributed by atoms with Gasteiger partial charge in [-0.15, -0.1) is 5.10 Å². The molecule has 3 aromatic rings. The van der Waals surface area contributed by atoms with Gasteiger partial charge in [-0.1, -0.05) is 18.2 Å². The summed E-state index contributed by atoms with van der Waals surface area (Å²) in [5.41, 5.74) is 2.07. The van der Waals surface area contributed by atoms with Crippen LogP contribution in [0.5, 0.6) is 0 Å². The minimum atomic E-state index is -1.03. The second-order valence-electron chi connectivity index (χ2n) is 8.16. The van der Waals surface area contributed by atoms with Gasteiger partial charge in [0, 0.05) is 24.2 Å². The van der Waals surface area contributed by atoms with Gasteiger partial charge in [-0.3, -0.25) is 34.1 Å². The van der Waals surface area contributed by atoms with Crippen LogP contribution in [0, 0.1) is 0 Å². The van der Waals surface area contributed by atoms with Gasteiger partial charge in [0.2, 0.25) is 11.8 Å². The zero-order chi connectivity index (χ0) is 23.3. The summed E-state index contributed by atoms with van der Waals surface area (Å²) in [5, 5.41) is 14.9. The number of nitrogens with zero attached hydrogens (tertiary/aromatic N) is 6. The third-order valence-electron chi connectivity index (χ3n) is 6.13. The Balaban J connectivity index is 1.49. The molecule has 4 heterocycles. The van der Waals surface area contributed by atoms with Crippen LogP contribution in [0.1, 0.15) is 59.9 Å². The van der Waals surface area contributed by atoms with Crippen molar-refractivity contribution in [1.29, 1.82) is 0 Å². The van der Waals surface area contributed by atoms with Crippen molar-refractivity contribution in [2.24, 2.45) is 0 Å². The summed E-state index contributed by atoms with van der Waals surface area (Å²) < 4.78 is 3.29. The molecule has 0 saturated carbocycles. The average molecular weight is 447 g/mol. The predicted molar refractivity (Wildman–Crippen MR) is 114 cm³/mol. The van der Waals surface area contributed by atoms with Crippen LogP contribution in [0.3, 0.4) is 0 Å². The average Bonchev–Trinajstić information content (AvgIpc) is 3.53. The molecule has 1 N–H and O–H groups in total. The lowest BCUT2D eigenvalue weighted by atomic mass is 10.0. The summed E-state index contributed by atoms with van der Waals surface area (Å²) >= 11 is 0. The lowest BCUT2D eigenvalue weighted by Gasteiger charge is -2.27. The van der Waals surface area contributed by atoms with Crippen LogP contribution in [0.4, 0.5) is 0 Å². The summed E-state index contributed by atoms with van der Waals surface area (Å²) in [7, 11) is 0. The van der Waals surface area contributed by atoms with E-state index in [4.69, 9.17) is 0 Å². The van der Waals surface area contributed by atoms with Crippen molar-refractivity contribution >= 4 is 23.6 Å². The molecule has 0 aliphatic carbocycles. The van der Waals surface area contributed by atoms with Gasteiger partial charge < -0.3 is 0 Å². The van der Waals surface area contributed by atoms with E-state index >= 15 is 0 Å². The van der Waals surface area contributed by atoms with E-state index in [1.807, 2.05) is 10.9 Å². The zero-order valence-corrected chi connectivity index (χ0v) is 18.1. The number of fused-ring (bicyclic) bond motifs is 1. The van der Waals surface area contributed by atoms with Gasteiger partial charge in [0.1, 0.15) is 11.7 Å². The first-order chi connectivity index (χ1) is 15.9. The normalized spacial score (nSPS) is 19.1. The molecule has 0 radical (unpaired) electrons. The first-order valence-corrected chi connectivity index (χ1v) is 10.7. The Morgan fingerprint density at radius 3 is 2.73 bits per heavy atom. The van der Waals surface area contributed by atoms with Gasteiger partial charge >= 0.3 is 0 Å². The molecule has 1 fully saturated rings. The van der Waals surface area contributed by atoms with E-state index < -0.39 is 29.7 Å². The highest BCUT2D eigenvalue weighted by Gasteiger charge is 2.45. The van der Waals surface area contributed by atoms with Crippen molar-refractivity contribution in [3.8, 4) is 16.9 Å². The van der Waals surface area contributed by atoms with Gasteiger partial charge in [-0.2, -0.15) is 5.10 Å². The van der Waals surface area contributed by atoms with E-state index in [9.17, 15) is 19.2 Å². The monoisotopic (exact) mass is 447 g/mol. The van der Waals surface area contributed by atoms with Crippen LogP contribution < -0.4 is 5.32 Å². The minimum Gasteiger partial charge on any atom is -0.295 e. The van der Waals surface area contributed by atoms with Crippen molar-refractivity contribution in [2.45, 2.75) is 45.2 Å². The predicted octanol–water partition coefficient (Wildman–Crippen LogP) is 1.50. The number of hydrogen-bond donors (Lipinski definition) is 1. The second kappa shape index (κ2) is 7.76. The van der Waals surface area contributed by atoms with E-state index in [1.54, 1.807) is 30.6 Å². The molecular formula is C22H21N7O4. The van der Waals surface area contributed by atoms with Crippen LogP contribution in [-0.4, -0.2) is 59.3 Å². The quantitative estimate of drug-likeness (QED) is 0.586. The number of piperidine rings is 1. The Labute approximate surface area is 188 Å². The highest BCUT2D eigenvalue weighted by Crippen LogP contribution is 2.32. The third-order valence-corrected chi connectivity index (χ3v) is 6.13. The number of imide groups is 2. The van der Waals surface area contributed by atoms with Crippen molar-refractivity contribution in [3.05, 3.63) is 47.9 Å². The molecule has 5 rings (SSSR count). The van der Waals surface area contributed by atoms with Crippen molar-refractivity contribution < 1.29 is 19.2 Å². The number of aromatic nitrogens is 5. The van der Waals surface area contributed by atoms with Crippen LogP contribution in [0.15, 0.2) is 36.8 Å². The first-order valence-electron chi connectivity index (χ1n) is 10.7. The van der Waals surface area contributed by atoms with Gasteiger partial charge in [-0.05, 0) is 31.9 Å². The summed E-state index contributed by atoms with van der Waals surface area (Å²) in [5.74, 6) is -2.23. The highest BCUT2D eigenvalue weighted by atomic mass is 16.2. The minimum absolute atomic E-state index is 0.0629. The molecule has 2 aromatic heterocycles. The fraction of sp³-hybridized carbons (Fsp3) is 0.318. The van der Waals surface area contributed by atoms with Gasteiger partial charge in [0.15, 0.2) is 0 Å². The number of benzene rings is 1. The van der Waals surface area contributed by atoms with Gasteiger partial charge in [0.05, 0.1) is 29.2 Å².